The predicted octanol–water partition coefficient (Wildman–Crippen LogP) is 1.22. The Labute approximate surface area is 118 Å². The van der Waals surface area contributed by atoms with E-state index in [0.717, 1.165) is 19.3 Å². The highest BCUT2D eigenvalue weighted by molar-refractivity contribution is 7.89. The molecule has 3 N–H and O–H groups in total. The van der Waals surface area contributed by atoms with E-state index in [9.17, 15) is 13.2 Å². The number of rotatable bonds is 9. The second-order valence-electron chi connectivity index (χ2n) is 4.37. The number of carboxylic acid groups (broad SMARTS) is 1. The van der Waals surface area contributed by atoms with Gasteiger partial charge in [-0.15, -0.1) is 0 Å². The summed E-state index contributed by atoms with van der Waals surface area (Å²) in [6.45, 7) is 0.482. The van der Waals surface area contributed by atoms with Gasteiger partial charge in [-0.3, -0.25) is 0 Å². The molecule has 0 aromatic heterocycles. The molecule has 1 rings (SSSR count). The Bertz CT molecular complexity index is 524. The maximum atomic E-state index is 11.9. The molecule has 6 nitrogen and oxygen atoms in total. The zero-order valence-electron chi connectivity index (χ0n) is 11.1. The molecular formula is C13H19NO5S. The number of aliphatic hydroxyl groups is 1. The average molecular weight is 301 g/mol. The van der Waals surface area contributed by atoms with E-state index in [0.29, 0.717) is 13.0 Å². The van der Waals surface area contributed by atoms with Gasteiger partial charge in [-0.1, -0.05) is 12.8 Å². The van der Waals surface area contributed by atoms with E-state index < -0.39 is 16.0 Å². The Kier molecular flexibility index (Phi) is 6.63. The minimum atomic E-state index is -3.59. The van der Waals surface area contributed by atoms with Crippen molar-refractivity contribution in [2.24, 2.45) is 0 Å². The first-order valence-electron chi connectivity index (χ1n) is 6.41. The molecule has 0 bridgehead atoms. The lowest BCUT2D eigenvalue weighted by Gasteiger charge is -2.07. The topological polar surface area (TPSA) is 104 Å². The molecule has 0 atom stereocenters. The van der Waals surface area contributed by atoms with Crippen LogP contribution in [0.25, 0.3) is 0 Å². The third-order valence-electron chi connectivity index (χ3n) is 2.79. The molecule has 0 radical (unpaired) electrons. The van der Waals surface area contributed by atoms with Crippen LogP contribution in [0.4, 0.5) is 0 Å². The molecule has 112 valence electrons. The molecule has 0 amide bonds. The number of unbranched alkanes of at least 4 members (excludes halogenated alkanes) is 3. The Morgan fingerprint density at radius 2 is 1.65 bits per heavy atom. The van der Waals surface area contributed by atoms with Crippen LogP contribution >= 0.6 is 0 Å². The lowest BCUT2D eigenvalue weighted by molar-refractivity contribution is 0.0696. The Hall–Kier alpha value is -1.44. The first kappa shape index (κ1) is 16.6. The predicted molar refractivity (Wildman–Crippen MR) is 74.1 cm³/mol. The third-order valence-corrected chi connectivity index (χ3v) is 4.27. The van der Waals surface area contributed by atoms with Crippen molar-refractivity contribution in [2.45, 2.75) is 30.6 Å². The standard InChI is InChI=1S/C13H19NO5S/c15-10-4-2-1-3-9-14-20(18,19)12-7-5-11(6-8-12)13(16)17/h5-8,14-15H,1-4,9-10H2,(H,16,17). The van der Waals surface area contributed by atoms with Crippen LogP contribution in [0.3, 0.4) is 0 Å². The summed E-state index contributed by atoms with van der Waals surface area (Å²) in [6, 6.07) is 5.07. The van der Waals surface area contributed by atoms with Crippen molar-refractivity contribution in [3.63, 3.8) is 0 Å². The fourth-order valence-corrected chi connectivity index (χ4v) is 2.73. The van der Waals surface area contributed by atoms with Gasteiger partial charge in [0.05, 0.1) is 10.5 Å². The second-order valence-corrected chi connectivity index (χ2v) is 6.13. The first-order chi connectivity index (χ1) is 9.47. The van der Waals surface area contributed by atoms with Crippen LogP contribution in [0.1, 0.15) is 36.0 Å². The first-order valence-corrected chi connectivity index (χ1v) is 7.89. The lowest BCUT2D eigenvalue weighted by Crippen LogP contribution is -2.24. The van der Waals surface area contributed by atoms with Gasteiger partial charge >= 0.3 is 5.97 Å². The molecule has 0 fully saturated rings. The highest BCUT2D eigenvalue weighted by atomic mass is 32.2. The van der Waals surface area contributed by atoms with Crippen LogP contribution in [0.2, 0.25) is 0 Å². The molecule has 0 unspecified atom stereocenters. The minimum Gasteiger partial charge on any atom is -0.478 e. The number of sulfonamides is 1. The average Bonchev–Trinajstić information content (AvgIpc) is 2.43. The van der Waals surface area contributed by atoms with Crippen LogP contribution in [0.5, 0.6) is 0 Å². The molecule has 0 aliphatic carbocycles. The summed E-state index contributed by atoms with van der Waals surface area (Å²) in [5.74, 6) is -1.09. The summed E-state index contributed by atoms with van der Waals surface area (Å²) >= 11 is 0. The molecule has 0 saturated carbocycles. The summed E-state index contributed by atoms with van der Waals surface area (Å²) in [5.41, 5.74) is 0.0490. The number of aromatic carboxylic acids is 1. The van der Waals surface area contributed by atoms with Gasteiger partial charge in [0, 0.05) is 13.2 Å². The summed E-state index contributed by atoms with van der Waals surface area (Å²) in [4.78, 5) is 10.7. The number of carbonyl (C=O) groups is 1. The van der Waals surface area contributed by atoms with E-state index in [2.05, 4.69) is 4.72 Å². The van der Waals surface area contributed by atoms with Crippen LogP contribution < -0.4 is 4.72 Å². The van der Waals surface area contributed by atoms with Gasteiger partial charge in [0.15, 0.2) is 0 Å². The van der Waals surface area contributed by atoms with E-state index >= 15 is 0 Å². The molecule has 7 heteroatoms. The van der Waals surface area contributed by atoms with Crippen molar-refractivity contribution in [2.75, 3.05) is 13.2 Å². The van der Waals surface area contributed by atoms with E-state index in [4.69, 9.17) is 10.2 Å². The largest absolute Gasteiger partial charge is 0.478 e. The number of hydrogen-bond donors (Lipinski definition) is 3. The van der Waals surface area contributed by atoms with Crippen LogP contribution in [-0.4, -0.2) is 37.8 Å². The Morgan fingerprint density at radius 3 is 2.20 bits per heavy atom. The zero-order valence-corrected chi connectivity index (χ0v) is 11.9. The van der Waals surface area contributed by atoms with Gasteiger partial charge < -0.3 is 10.2 Å². The van der Waals surface area contributed by atoms with Crippen LogP contribution in [-0.2, 0) is 10.0 Å². The molecule has 1 aromatic rings. The fraction of sp³-hybridized carbons (Fsp3) is 0.462. The van der Waals surface area contributed by atoms with E-state index in [1.807, 2.05) is 0 Å². The quantitative estimate of drug-likeness (QED) is 0.595. The molecule has 1 aromatic carbocycles. The minimum absolute atomic E-state index is 0.0490. The monoisotopic (exact) mass is 301 g/mol. The number of benzene rings is 1. The maximum absolute atomic E-state index is 11.9. The van der Waals surface area contributed by atoms with Crippen molar-refractivity contribution >= 4 is 16.0 Å². The van der Waals surface area contributed by atoms with Crippen molar-refractivity contribution < 1.29 is 23.4 Å². The van der Waals surface area contributed by atoms with Crippen molar-refractivity contribution in [3.05, 3.63) is 29.8 Å². The van der Waals surface area contributed by atoms with Crippen molar-refractivity contribution in [3.8, 4) is 0 Å². The number of nitrogens with one attached hydrogen (secondary N) is 1. The Balaban J connectivity index is 2.49. The highest BCUT2D eigenvalue weighted by Crippen LogP contribution is 2.10. The van der Waals surface area contributed by atoms with Gasteiger partial charge in [0.2, 0.25) is 10.0 Å². The lowest BCUT2D eigenvalue weighted by atomic mass is 10.2. The summed E-state index contributed by atoms with van der Waals surface area (Å²) in [7, 11) is -3.59. The molecule has 0 aliphatic heterocycles. The molecule has 0 spiro atoms. The molecule has 20 heavy (non-hydrogen) atoms. The van der Waals surface area contributed by atoms with Crippen molar-refractivity contribution in [1.29, 1.82) is 0 Å². The van der Waals surface area contributed by atoms with Gasteiger partial charge in [-0.2, -0.15) is 0 Å². The number of hydrogen-bond acceptors (Lipinski definition) is 4. The van der Waals surface area contributed by atoms with E-state index in [-0.39, 0.29) is 17.1 Å². The fourth-order valence-electron chi connectivity index (χ4n) is 1.66. The number of aliphatic hydroxyl groups excluding tert-OH is 1. The number of carboxylic acids is 1. The van der Waals surface area contributed by atoms with Gasteiger partial charge in [-0.05, 0) is 37.1 Å². The van der Waals surface area contributed by atoms with E-state index in [1.54, 1.807) is 0 Å². The van der Waals surface area contributed by atoms with Gasteiger partial charge in [-0.25, -0.2) is 17.9 Å². The van der Waals surface area contributed by atoms with Crippen LogP contribution in [0.15, 0.2) is 29.2 Å². The molecule has 0 aliphatic rings. The molecule has 0 saturated heterocycles. The second kappa shape index (κ2) is 7.98. The Morgan fingerprint density at radius 1 is 1.05 bits per heavy atom. The molecular weight excluding hydrogens is 282 g/mol. The summed E-state index contributed by atoms with van der Waals surface area (Å²) in [6.07, 6.45) is 3.14. The zero-order chi connectivity index (χ0) is 15.0. The van der Waals surface area contributed by atoms with E-state index in [1.165, 1.54) is 24.3 Å². The highest BCUT2D eigenvalue weighted by Gasteiger charge is 2.13. The third kappa shape index (κ3) is 5.28. The maximum Gasteiger partial charge on any atom is 0.335 e. The van der Waals surface area contributed by atoms with Gasteiger partial charge in [0.25, 0.3) is 0 Å². The van der Waals surface area contributed by atoms with Crippen molar-refractivity contribution in [1.82, 2.24) is 4.72 Å². The SMILES string of the molecule is O=C(O)c1ccc(S(=O)(=O)NCCCCCCO)cc1. The molecule has 0 heterocycles. The van der Waals surface area contributed by atoms with Gasteiger partial charge in [0.1, 0.15) is 0 Å². The smallest absolute Gasteiger partial charge is 0.335 e. The summed E-state index contributed by atoms with van der Waals surface area (Å²) < 4.78 is 26.3. The van der Waals surface area contributed by atoms with Crippen LogP contribution in [0, 0.1) is 0 Å². The normalized spacial score (nSPS) is 11.4. The summed E-state index contributed by atoms with van der Waals surface area (Å²) in [5, 5.41) is 17.3.